The van der Waals surface area contributed by atoms with E-state index in [1.165, 1.54) is 12.5 Å². The van der Waals surface area contributed by atoms with Crippen LogP contribution in [-0.2, 0) is 6.54 Å². The molecule has 3 aromatic carbocycles. The van der Waals surface area contributed by atoms with Crippen LogP contribution in [0, 0.1) is 11.8 Å². The average molecular weight is 428 g/mol. The fourth-order valence-corrected chi connectivity index (χ4v) is 3.50. The third-order valence-electron chi connectivity index (χ3n) is 5.31. The van der Waals surface area contributed by atoms with Gasteiger partial charge in [0, 0.05) is 29.9 Å². The summed E-state index contributed by atoms with van der Waals surface area (Å²) in [5, 5.41) is 19.3. The molecule has 3 aromatic rings. The summed E-state index contributed by atoms with van der Waals surface area (Å²) in [6.45, 7) is 3.65. The predicted molar refractivity (Wildman–Crippen MR) is 129 cm³/mol. The summed E-state index contributed by atoms with van der Waals surface area (Å²) in [6, 6.07) is 22.8. The van der Waals surface area contributed by atoms with Crippen molar-refractivity contribution in [1.29, 1.82) is 0 Å². The Morgan fingerprint density at radius 3 is 2.22 bits per heavy atom. The molecule has 32 heavy (non-hydrogen) atoms. The van der Waals surface area contributed by atoms with Crippen LogP contribution in [0.3, 0.4) is 0 Å². The SMILES string of the molecule is CCCCCCN(Cc1ccc(C#Cc2ccccc2)cc1)c1ccc(O)c(C(=O)O)c1. The molecule has 4 nitrogen and oxygen atoms in total. The number of hydrogen-bond donors (Lipinski definition) is 2. The first-order valence-corrected chi connectivity index (χ1v) is 11.0. The number of rotatable bonds is 9. The van der Waals surface area contributed by atoms with Crippen LogP contribution in [0.4, 0.5) is 5.69 Å². The molecule has 0 aliphatic carbocycles. The Kier molecular flexibility index (Phi) is 8.34. The van der Waals surface area contributed by atoms with Crippen molar-refractivity contribution in [3.05, 3.63) is 95.1 Å². The first-order valence-electron chi connectivity index (χ1n) is 11.0. The maximum atomic E-state index is 11.5. The van der Waals surface area contributed by atoms with Gasteiger partial charge in [-0.25, -0.2) is 4.79 Å². The molecular weight excluding hydrogens is 398 g/mol. The fourth-order valence-electron chi connectivity index (χ4n) is 3.50. The number of unbranched alkanes of at least 4 members (excludes halogenated alkanes) is 3. The number of aromatic hydroxyl groups is 1. The van der Waals surface area contributed by atoms with Crippen LogP contribution in [0.1, 0.15) is 59.7 Å². The van der Waals surface area contributed by atoms with Gasteiger partial charge in [0.2, 0.25) is 0 Å². The second-order valence-electron chi connectivity index (χ2n) is 7.80. The highest BCUT2D eigenvalue weighted by molar-refractivity contribution is 5.92. The molecule has 0 atom stereocenters. The number of nitrogens with zero attached hydrogens (tertiary/aromatic N) is 1. The van der Waals surface area contributed by atoms with Gasteiger partial charge in [0.15, 0.2) is 0 Å². The highest BCUT2D eigenvalue weighted by Crippen LogP contribution is 2.26. The van der Waals surface area contributed by atoms with E-state index in [4.69, 9.17) is 0 Å². The highest BCUT2D eigenvalue weighted by atomic mass is 16.4. The maximum Gasteiger partial charge on any atom is 0.339 e. The quantitative estimate of drug-likeness (QED) is 0.321. The van der Waals surface area contributed by atoms with E-state index in [1.807, 2.05) is 42.5 Å². The smallest absolute Gasteiger partial charge is 0.339 e. The summed E-state index contributed by atoms with van der Waals surface area (Å²) in [5.41, 5.74) is 3.77. The van der Waals surface area contributed by atoms with Crippen molar-refractivity contribution in [2.75, 3.05) is 11.4 Å². The number of phenols is 1. The van der Waals surface area contributed by atoms with Crippen LogP contribution in [-0.4, -0.2) is 22.7 Å². The van der Waals surface area contributed by atoms with E-state index < -0.39 is 5.97 Å². The normalized spacial score (nSPS) is 10.3. The molecule has 0 unspecified atom stereocenters. The first-order chi connectivity index (χ1) is 15.6. The number of carboxylic acids is 1. The second-order valence-corrected chi connectivity index (χ2v) is 7.80. The van der Waals surface area contributed by atoms with E-state index in [0.29, 0.717) is 6.54 Å². The third-order valence-corrected chi connectivity index (χ3v) is 5.31. The standard InChI is InChI=1S/C28H29NO3/c1-2-3-4-8-19-29(25-17-18-27(30)26(20-25)28(31)32)21-24-15-13-23(14-16-24)12-11-22-9-6-5-7-10-22/h5-7,9-10,13-18,20,30H,2-4,8,19,21H2,1H3,(H,31,32). The lowest BCUT2D eigenvalue weighted by Gasteiger charge is -2.25. The minimum atomic E-state index is -1.13. The minimum absolute atomic E-state index is 0.0763. The molecule has 4 heteroatoms. The Hall–Kier alpha value is -3.71. The Bertz CT molecular complexity index is 1080. The van der Waals surface area contributed by atoms with Crippen LogP contribution in [0.25, 0.3) is 0 Å². The lowest BCUT2D eigenvalue weighted by molar-refractivity contribution is 0.0693. The van der Waals surface area contributed by atoms with Crippen molar-refractivity contribution in [2.24, 2.45) is 0 Å². The monoisotopic (exact) mass is 427 g/mol. The van der Waals surface area contributed by atoms with Gasteiger partial charge in [-0.15, -0.1) is 0 Å². The van der Waals surface area contributed by atoms with Gasteiger partial charge in [0.1, 0.15) is 11.3 Å². The second kappa shape index (κ2) is 11.6. The molecular formula is C28H29NO3. The number of benzene rings is 3. The van der Waals surface area contributed by atoms with Crippen molar-refractivity contribution >= 4 is 11.7 Å². The number of carboxylic acid groups (broad SMARTS) is 1. The van der Waals surface area contributed by atoms with Gasteiger partial charge in [0.25, 0.3) is 0 Å². The molecule has 164 valence electrons. The Morgan fingerprint density at radius 1 is 0.875 bits per heavy atom. The van der Waals surface area contributed by atoms with E-state index in [-0.39, 0.29) is 11.3 Å². The van der Waals surface area contributed by atoms with Crippen LogP contribution in [0.2, 0.25) is 0 Å². The van der Waals surface area contributed by atoms with Gasteiger partial charge in [-0.1, -0.05) is 68.4 Å². The molecule has 0 spiro atoms. The molecule has 2 N–H and O–H groups in total. The van der Waals surface area contributed by atoms with Crippen molar-refractivity contribution < 1.29 is 15.0 Å². The minimum Gasteiger partial charge on any atom is -0.507 e. The molecule has 0 fully saturated rings. The highest BCUT2D eigenvalue weighted by Gasteiger charge is 2.14. The Balaban J connectivity index is 1.76. The lowest BCUT2D eigenvalue weighted by Crippen LogP contribution is -2.24. The van der Waals surface area contributed by atoms with Gasteiger partial charge in [-0.05, 0) is 54.4 Å². The molecule has 0 radical (unpaired) electrons. The van der Waals surface area contributed by atoms with E-state index in [9.17, 15) is 15.0 Å². The molecule has 0 amide bonds. The number of hydrogen-bond acceptors (Lipinski definition) is 3. The molecule has 0 bridgehead atoms. The molecule has 0 saturated heterocycles. The number of anilines is 1. The predicted octanol–water partition coefficient (Wildman–Crippen LogP) is 6.08. The van der Waals surface area contributed by atoms with E-state index in [0.717, 1.165) is 48.2 Å². The van der Waals surface area contributed by atoms with Crippen LogP contribution >= 0.6 is 0 Å². The topological polar surface area (TPSA) is 60.8 Å². The van der Waals surface area contributed by atoms with Crippen molar-refractivity contribution in [1.82, 2.24) is 0 Å². The van der Waals surface area contributed by atoms with Crippen LogP contribution < -0.4 is 4.90 Å². The van der Waals surface area contributed by atoms with E-state index in [1.54, 1.807) is 12.1 Å². The molecule has 0 aromatic heterocycles. The lowest BCUT2D eigenvalue weighted by atomic mass is 10.1. The van der Waals surface area contributed by atoms with Crippen molar-refractivity contribution in [3.63, 3.8) is 0 Å². The first kappa shape index (κ1) is 23.0. The molecule has 3 rings (SSSR count). The van der Waals surface area contributed by atoms with Crippen molar-refractivity contribution in [3.8, 4) is 17.6 Å². The van der Waals surface area contributed by atoms with Gasteiger partial charge in [-0.3, -0.25) is 0 Å². The van der Waals surface area contributed by atoms with Gasteiger partial charge in [-0.2, -0.15) is 0 Å². The zero-order chi connectivity index (χ0) is 22.8. The van der Waals surface area contributed by atoms with Gasteiger partial charge in [0.05, 0.1) is 0 Å². The third kappa shape index (κ3) is 6.65. The number of carbonyl (C=O) groups is 1. The molecule has 0 aliphatic rings. The number of aromatic carboxylic acids is 1. The van der Waals surface area contributed by atoms with Gasteiger partial charge >= 0.3 is 5.97 Å². The van der Waals surface area contributed by atoms with Crippen molar-refractivity contribution in [2.45, 2.75) is 39.2 Å². The zero-order valence-electron chi connectivity index (χ0n) is 18.4. The van der Waals surface area contributed by atoms with Crippen LogP contribution in [0.5, 0.6) is 5.75 Å². The Labute approximate surface area is 190 Å². The average Bonchev–Trinajstić information content (AvgIpc) is 2.81. The summed E-state index contributed by atoms with van der Waals surface area (Å²) in [6.07, 6.45) is 4.50. The van der Waals surface area contributed by atoms with E-state index in [2.05, 4.69) is 35.8 Å². The summed E-state index contributed by atoms with van der Waals surface area (Å²) in [7, 11) is 0. The summed E-state index contributed by atoms with van der Waals surface area (Å²) in [5.74, 6) is 5.02. The molecule has 0 saturated carbocycles. The van der Waals surface area contributed by atoms with Crippen LogP contribution in [0.15, 0.2) is 72.8 Å². The van der Waals surface area contributed by atoms with Gasteiger partial charge < -0.3 is 15.1 Å². The zero-order valence-corrected chi connectivity index (χ0v) is 18.4. The molecule has 0 aliphatic heterocycles. The maximum absolute atomic E-state index is 11.5. The Morgan fingerprint density at radius 2 is 1.56 bits per heavy atom. The molecule has 0 heterocycles. The summed E-state index contributed by atoms with van der Waals surface area (Å²) >= 11 is 0. The summed E-state index contributed by atoms with van der Waals surface area (Å²) < 4.78 is 0. The fraction of sp³-hybridized carbons (Fsp3) is 0.250. The largest absolute Gasteiger partial charge is 0.507 e. The summed E-state index contributed by atoms with van der Waals surface area (Å²) in [4.78, 5) is 13.6. The van der Waals surface area contributed by atoms with E-state index >= 15 is 0 Å².